The van der Waals surface area contributed by atoms with Crippen LogP contribution < -0.4 is 20.7 Å². The molecule has 0 radical (unpaired) electrons. The molecule has 1 heterocycles. The Balaban J connectivity index is 1.38. The smallest absolute Gasteiger partial charge is 0.239 e. The van der Waals surface area contributed by atoms with Crippen molar-refractivity contribution >= 4 is 11.6 Å². The first-order valence-corrected chi connectivity index (χ1v) is 13.3. The lowest BCUT2D eigenvalue weighted by Gasteiger charge is -2.39. The third-order valence-electron chi connectivity index (χ3n) is 7.79. The number of nitrogens with one attached hydrogen (secondary N) is 1. The van der Waals surface area contributed by atoms with Crippen LogP contribution in [0.25, 0.3) is 0 Å². The van der Waals surface area contributed by atoms with Gasteiger partial charge in [0.25, 0.3) is 0 Å². The number of rotatable bonds is 10. The molecular formula is C29H42N4O2. The van der Waals surface area contributed by atoms with E-state index in [0.717, 1.165) is 50.0 Å². The Bertz CT molecular complexity index is 934. The van der Waals surface area contributed by atoms with Crippen LogP contribution in [-0.4, -0.2) is 50.1 Å². The number of anilines is 1. The molecular weight excluding hydrogens is 436 g/mol. The maximum atomic E-state index is 12.7. The minimum Gasteiger partial charge on any atom is -0.497 e. The summed E-state index contributed by atoms with van der Waals surface area (Å²) in [5, 5.41) is 3.73. The zero-order chi connectivity index (χ0) is 24.6. The highest BCUT2D eigenvalue weighted by atomic mass is 16.5. The molecule has 2 aromatic rings. The molecule has 35 heavy (non-hydrogen) atoms. The topological polar surface area (TPSA) is 70.8 Å². The Kier molecular flexibility index (Phi) is 9.05. The van der Waals surface area contributed by atoms with Crippen LogP contribution in [0.1, 0.15) is 62.6 Å². The number of amides is 1. The molecule has 1 amide bonds. The van der Waals surface area contributed by atoms with Gasteiger partial charge in [-0.2, -0.15) is 0 Å². The Hall–Kier alpha value is -2.57. The van der Waals surface area contributed by atoms with E-state index in [0.29, 0.717) is 6.04 Å². The van der Waals surface area contributed by atoms with Gasteiger partial charge in [-0.3, -0.25) is 9.69 Å². The summed E-state index contributed by atoms with van der Waals surface area (Å²) in [6, 6.07) is 16.5. The van der Waals surface area contributed by atoms with E-state index >= 15 is 0 Å². The number of nitrogens with zero attached hydrogens (tertiary/aromatic N) is 2. The van der Waals surface area contributed by atoms with Crippen LogP contribution in [0.4, 0.5) is 5.69 Å². The van der Waals surface area contributed by atoms with Gasteiger partial charge in [-0.25, -0.2) is 0 Å². The maximum Gasteiger partial charge on any atom is 0.239 e. The summed E-state index contributed by atoms with van der Waals surface area (Å²) in [6.07, 6.45) is 8.13. The maximum absolute atomic E-state index is 12.7. The van der Waals surface area contributed by atoms with Gasteiger partial charge < -0.3 is 20.7 Å². The predicted octanol–water partition coefficient (Wildman–Crippen LogP) is 4.49. The minimum absolute atomic E-state index is 0.273. The van der Waals surface area contributed by atoms with Crippen LogP contribution >= 0.6 is 0 Å². The third kappa shape index (κ3) is 6.77. The summed E-state index contributed by atoms with van der Waals surface area (Å²) in [6.45, 7) is 6.35. The van der Waals surface area contributed by atoms with Crippen LogP contribution in [0.5, 0.6) is 5.75 Å². The number of nitrogens with two attached hydrogens (primary N) is 1. The monoisotopic (exact) mass is 478 g/mol. The zero-order valence-corrected chi connectivity index (χ0v) is 21.4. The molecule has 6 heteroatoms. The molecule has 0 aromatic heterocycles. The van der Waals surface area contributed by atoms with Crippen LogP contribution in [0.3, 0.4) is 0 Å². The van der Waals surface area contributed by atoms with Crippen molar-refractivity contribution in [3.05, 3.63) is 59.7 Å². The van der Waals surface area contributed by atoms with Crippen LogP contribution in [-0.2, 0) is 11.3 Å². The van der Waals surface area contributed by atoms with Crippen molar-refractivity contribution < 1.29 is 9.53 Å². The van der Waals surface area contributed by atoms with Gasteiger partial charge in [-0.15, -0.1) is 0 Å². The van der Waals surface area contributed by atoms with E-state index in [9.17, 15) is 4.79 Å². The summed E-state index contributed by atoms with van der Waals surface area (Å²) in [5.74, 6) is 1.44. The van der Waals surface area contributed by atoms with Crippen molar-refractivity contribution in [1.82, 2.24) is 10.2 Å². The Morgan fingerprint density at radius 3 is 2.37 bits per heavy atom. The van der Waals surface area contributed by atoms with Crippen molar-refractivity contribution in [2.75, 3.05) is 38.2 Å². The number of hydrogen-bond acceptors (Lipinski definition) is 5. The highest BCUT2D eigenvalue weighted by molar-refractivity contribution is 5.82. The minimum atomic E-state index is -0.403. The van der Waals surface area contributed by atoms with E-state index in [1.807, 2.05) is 18.2 Å². The van der Waals surface area contributed by atoms with Crippen LogP contribution in [0, 0.1) is 5.92 Å². The molecule has 0 spiro atoms. The van der Waals surface area contributed by atoms with Gasteiger partial charge in [-0.1, -0.05) is 56.4 Å². The number of piperazine rings is 1. The number of methoxy groups -OCH3 is 1. The number of ether oxygens (including phenoxy) is 1. The van der Waals surface area contributed by atoms with Gasteiger partial charge in [0.15, 0.2) is 0 Å². The average Bonchev–Trinajstić information content (AvgIpc) is 2.89. The summed E-state index contributed by atoms with van der Waals surface area (Å²) in [7, 11) is 1.68. The second-order valence-electron chi connectivity index (χ2n) is 10.2. The van der Waals surface area contributed by atoms with E-state index in [4.69, 9.17) is 10.5 Å². The molecule has 1 saturated heterocycles. The number of carbonyl (C=O) groups is 1. The number of hydrogen-bond donors (Lipinski definition) is 2. The van der Waals surface area contributed by atoms with Crippen LogP contribution in [0.15, 0.2) is 48.5 Å². The van der Waals surface area contributed by atoms with Gasteiger partial charge >= 0.3 is 0 Å². The Morgan fingerprint density at radius 2 is 1.71 bits per heavy atom. The first kappa shape index (κ1) is 25.5. The normalized spacial score (nSPS) is 19.3. The van der Waals surface area contributed by atoms with E-state index < -0.39 is 6.04 Å². The third-order valence-corrected chi connectivity index (χ3v) is 7.79. The quantitative estimate of drug-likeness (QED) is 0.526. The number of carbonyl (C=O) groups excluding carboxylic acids is 1. The van der Waals surface area contributed by atoms with Crippen molar-refractivity contribution in [2.24, 2.45) is 11.7 Å². The fourth-order valence-corrected chi connectivity index (χ4v) is 5.81. The highest BCUT2D eigenvalue weighted by Crippen LogP contribution is 2.29. The molecule has 1 unspecified atom stereocenters. The first-order valence-electron chi connectivity index (χ1n) is 13.3. The second-order valence-corrected chi connectivity index (χ2v) is 10.2. The molecule has 6 nitrogen and oxygen atoms in total. The molecule has 1 aliphatic carbocycles. The predicted molar refractivity (Wildman–Crippen MR) is 143 cm³/mol. The number of benzene rings is 2. The van der Waals surface area contributed by atoms with E-state index in [1.165, 1.54) is 49.8 Å². The zero-order valence-electron chi connectivity index (χ0n) is 21.4. The molecule has 2 atom stereocenters. The standard InChI is InChI=1S/C29H42N4O2/c1-22(20-23-8-4-3-5-9-23)31-21-24-10-6-7-11-27(24)28(29(30)34)33-18-16-32(17-19-33)25-12-14-26(35-2)15-13-25/h6-7,10-15,22-23,28,31H,3-5,8-9,16-21H2,1-2H3,(H2,30,34)/t22-,28?/m0/s1. The van der Waals surface area contributed by atoms with Crippen molar-refractivity contribution in [2.45, 2.75) is 64.1 Å². The lowest BCUT2D eigenvalue weighted by atomic mass is 9.85. The number of primary amides is 1. The van der Waals surface area contributed by atoms with Gasteiger partial charge in [0, 0.05) is 44.5 Å². The molecule has 0 bridgehead atoms. The highest BCUT2D eigenvalue weighted by Gasteiger charge is 2.30. The second kappa shape index (κ2) is 12.4. The van der Waals surface area contributed by atoms with E-state index in [2.05, 4.69) is 52.4 Å². The molecule has 2 fully saturated rings. The molecule has 2 aromatic carbocycles. The van der Waals surface area contributed by atoms with Crippen molar-refractivity contribution in [3.8, 4) is 5.75 Å². The molecule has 2 aliphatic rings. The lowest BCUT2D eigenvalue weighted by molar-refractivity contribution is -0.123. The largest absolute Gasteiger partial charge is 0.497 e. The summed E-state index contributed by atoms with van der Waals surface area (Å²) >= 11 is 0. The summed E-state index contributed by atoms with van der Waals surface area (Å²) in [5.41, 5.74) is 9.38. The van der Waals surface area contributed by atoms with Crippen LogP contribution in [0.2, 0.25) is 0 Å². The van der Waals surface area contributed by atoms with Gasteiger partial charge in [0.1, 0.15) is 11.8 Å². The molecule has 190 valence electrons. The molecule has 1 aliphatic heterocycles. The molecule has 4 rings (SSSR count). The Labute approximate surface area is 210 Å². The van der Waals surface area contributed by atoms with E-state index in [-0.39, 0.29) is 5.91 Å². The van der Waals surface area contributed by atoms with E-state index in [1.54, 1.807) is 7.11 Å². The molecule has 3 N–H and O–H groups in total. The average molecular weight is 479 g/mol. The summed E-state index contributed by atoms with van der Waals surface area (Å²) in [4.78, 5) is 17.3. The fourth-order valence-electron chi connectivity index (χ4n) is 5.81. The lowest BCUT2D eigenvalue weighted by Crippen LogP contribution is -2.50. The summed E-state index contributed by atoms with van der Waals surface area (Å²) < 4.78 is 5.28. The molecule has 1 saturated carbocycles. The SMILES string of the molecule is COc1ccc(N2CCN(C(C(N)=O)c3ccccc3CN[C@@H](C)CC3CCCCC3)CC2)cc1. The van der Waals surface area contributed by atoms with Crippen molar-refractivity contribution in [3.63, 3.8) is 0 Å². The Morgan fingerprint density at radius 1 is 1.03 bits per heavy atom. The van der Waals surface area contributed by atoms with Gasteiger partial charge in [-0.05, 0) is 54.7 Å². The fraction of sp³-hybridized carbons (Fsp3) is 0.552. The van der Waals surface area contributed by atoms with Gasteiger partial charge in [0.05, 0.1) is 7.11 Å². The van der Waals surface area contributed by atoms with Gasteiger partial charge in [0.2, 0.25) is 5.91 Å². The first-order chi connectivity index (χ1) is 17.0. The van der Waals surface area contributed by atoms with Crippen molar-refractivity contribution in [1.29, 1.82) is 0 Å².